The average molecular weight is 420 g/mol. The van der Waals surface area contributed by atoms with Crippen LogP contribution in [0, 0.1) is 0 Å². The monoisotopic (exact) mass is 419 g/mol. The van der Waals surface area contributed by atoms with Crippen LogP contribution in [0.1, 0.15) is 49.0 Å². The van der Waals surface area contributed by atoms with Crippen molar-refractivity contribution < 1.29 is 9.53 Å². The summed E-state index contributed by atoms with van der Waals surface area (Å²) in [5.74, 6) is 0.0641. The van der Waals surface area contributed by atoms with Crippen LogP contribution in [0.5, 0.6) is 0 Å². The van der Waals surface area contributed by atoms with Gasteiger partial charge in [0.05, 0.1) is 23.3 Å². The van der Waals surface area contributed by atoms with E-state index in [9.17, 15) is 9.59 Å². The Morgan fingerprint density at radius 2 is 2.11 bits per heavy atom. The maximum Gasteiger partial charge on any atom is 0.263 e. The molecule has 2 saturated heterocycles. The van der Waals surface area contributed by atoms with Gasteiger partial charge in [-0.05, 0) is 50.5 Å². The number of rotatable bonds is 4. The van der Waals surface area contributed by atoms with Crippen LogP contribution in [0.25, 0.3) is 10.2 Å². The number of thioether (sulfide) groups is 1. The quantitative estimate of drug-likeness (QED) is 0.772. The van der Waals surface area contributed by atoms with Crippen molar-refractivity contribution in [1.82, 2.24) is 14.9 Å². The van der Waals surface area contributed by atoms with E-state index in [2.05, 4.69) is 5.32 Å². The van der Waals surface area contributed by atoms with Gasteiger partial charge in [0.15, 0.2) is 5.16 Å². The largest absolute Gasteiger partial charge is 0.376 e. The minimum Gasteiger partial charge on any atom is -0.376 e. The third kappa shape index (κ3) is 3.39. The molecular formula is C20H25N3O3S2. The molecule has 0 bridgehead atoms. The number of hydrogen-bond donors (Lipinski definition) is 1. The van der Waals surface area contributed by atoms with E-state index < -0.39 is 0 Å². The molecule has 2 aromatic rings. The van der Waals surface area contributed by atoms with Crippen LogP contribution in [-0.4, -0.2) is 40.0 Å². The minimum absolute atomic E-state index is 0.0523. The lowest BCUT2D eigenvalue weighted by Gasteiger charge is -2.18. The first-order valence-electron chi connectivity index (χ1n) is 10.3. The highest BCUT2D eigenvalue weighted by Crippen LogP contribution is 2.36. The van der Waals surface area contributed by atoms with Gasteiger partial charge in [-0.15, -0.1) is 11.3 Å². The van der Waals surface area contributed by atoms with Crippen molar-refractivity contribution in [1.29, 1.82) is 0 Å². The number of hydrogen-bond acceptors (Lipinski definition) is 6. The number of nitrogens with zero attached hydrogens (tertiary/aromatic N) is 2. The van der Waals surface area contributed by atoms with Gasteiger partial charge in [-0.2, -0.15) is 0 Å². The van der Waals surface area contributed by atoms with Crippen LogP contribution in [0.15, 0.2) is 9.95 Å². The smallest absolute Gasteiger partial charge is 0.263 e. The van der Waals surface area contributed by atoms with Crippen molar-refractivity contribution in [3.63, 3.8) is 0 Å². The van der Waals surface area contributed by atoms with Crippen LogP contribution >= 0.6 is 23.1 Å². The number of aryl methyl sites for hydroxylation is 2. The van der Waals surface area contributed by atoms with Gasteiger partial charge in [0.25, 0.3) is 5.56 Å². The fraction of sp³-hybridized carbons (Fsp3) is 0.650. The molecule has 5 rings (SSSR count). The summed E-state index contributed by atoms with van der Waals surface area (Å²) in [6.07, 6.45) is 8.07. The molecule has 2 atom stereocenters. The molecule has 150 valence electrons. The standard InChI is InChI=1S/C20H25N3O3S2/c24-17-15(7-1-2-9-21-17)28-20-22-18-16(13-6-3-8-14(13)27-18)19(25)23(20)11-12-5-4-10-26-12/h12,15H,1-11H2,(H,21,24)/t12-,15-/m0/s1. The summed E-state index contributed by atoms with van der Waals surface area (Å²) < 4.78 is 7.61. The molecule has 2 aliphatic heterocycles. The fourth-order valence-electron chi connectivity index (χ4n) is 4.45. The van der Waals surface area contributed by atoms with Gasteiger partial charge in [-0.3, -0.25) is 14.2 Å². The Hall–Kier alpha value is -1.38. The summed E-state index contributed by atoms with van der Waals surface area (Å²) in [6, 6.07) is 0. The van der Waals surface area contributed by atoms with Gasteiger partial charge in [0.2, 0.25) is 5.91 Å². The van der Waals surface area contributed by atoms with Crippen molar-refractivity contribution in [3.05, 3.63) is 20.8 Å². The van der Waals surface area contributed by atoms with E-state index in [0.717, 1.165) is 74.7 Å². The van der Waals surface area contributed by atoms with Crippen molar-refractivity contribution in [3.8, 4) is 0 Å². The zero-order valence-corrected chi connectivity index (χ0v) is 17.5. The van der Waals surface area contributed by atoms with Gasteiger partial charge >= 0.3 is 0 Å². The summed E-state index contributed by atoms with van der Waals surface area (Å²) >= 11 is 3.12. The first-order chi connectivity index (χ1) is 13.7. The third-order valence-corrected chi connectivity index (χ3v) is 8.37. The average Bonchev–Trinajstić information content (AvgIpc) is 3.37. The Morgan fingerprint density at radius 3 is 2.96 bits per heavy atom. The van der Waals surface area contributed by atoms with Gasteiger partial charge < -0.3 is 10.1 Å². The van der Waals surface area contributed by atoms with Crippen molar-refractivity contribution in [2.75, 3.05) is 13.2 Å². The van der Waals surface area contributed by atoms with Gasteiger partial charge in [0.1, 0.15) is 4.83 Å². The van der Waals surface area contributed by atoms with Crippen LogP contribution < -0.4 is 10.9 Å². The van der Waals surface area contributed by atoms with E-state index in [-0.39, 0.29) is 22.8 Å². The summed E-state index contributed by atoms with van der Waals surface area (Å²) in [5.41, 5.74) is 1.26. The number of nitrogens with one attached hydrogen (secondary N) is 1. The summed E-state index contributed by atoms with van der Waals surface area (Å²) in [7, 11) is 0. The number of carbonyl (C=O) groups excluding carboxylic acids is 1. The molecule has 0 saturated carbocycles. The van der Waals surface area contributed by atoms with E-state index in [1.807, 2.05) is 0 Å². The summed E-state index contributed by atoms with van der Waals surface area (Å²) in [4.78, 5) is 33.0. The number of carbonyl (C=O) groups is 1. The molecule has 0 spiro atoms. The number of ether oxygens (including phenoxy) is 1. The predicted molar refractivity (Wildman–Crippen MR) is 111 cm³/mol. The zero-order chi connectivity index (χ0) is 19.1. The van der Waals surface area contributed by atoms with E-state index >= 15 is 0 Å². The Balaban J connectivity index is 1.57. The van der Waals surface area contributed by atoms with E-state index in [1.165, 1.54) is 22.2 Å². The maximum absolute atomic E-state index is 13.5. The second kappa shape index (κ2) is 7.80. The topological polar surface area (TPSA) is 73.2 Å². The first kappa shape index (κ1) is 18.6. The molecule has 1 amide bonds. The molecule has 3 aliphatic rings. The van der Waals surface area contributed by atoms with Crippen molar-refractivity contribution in [2.45, 2.75) is 74.4 Å². The van der Waals surface area contributed by atoms with Crippen LogP contribution in [0.4, 0.5) is 0 Å². The van der Waals surface area contributed by atoms with Crippen molar-refractivity contribution in [2.24, 2.45) is 0 Å². The van der Waals surface area contributed by atoms with Crippen LogP contribution in [-0.2, 0) is 28.9 Å². The molecule has 0 radical (unpaired) electrons. The summed E-state index contributed by atoms with van der Waals surface area (Å²) in [5, 5.41) is 4.29. The third-order valence-electron chi connectivity index (χ3n) is 5.93. The molecule has 0 unspecified atom stereocenters. The molecule has 1 N–H and O–H groups in total. The Kier molecular flexibility index (Phi) is 5.19. The minimum atomic E-state index is -0.186. The highest BCUT2D eigenvalue weighted by Gasteiger charge is 2.29. The molecule has 8 heteroatoms. The Morgan fingerprint density at radius 1 is 1.18 bits per heavy atom. The second-order valence-corrected chi connectivity index (χ2v) is 10.1. The number of fused-ring (bicyclic) bond motifs is 3. The first-order valence-corrected chi connectivity index (χ1v) is 12.0. The number of thiophene rings is 1. The highest BCUT2D eigenvalue weighted by atomic mass is 32.2. The van der Waals surface area contributed by atoms with Crippen LogP contribution in [0.2, 0.25) is 0 Å². The van der Waals surface area contributed by atoms with E-state index in [4.69, 9.17) is 9.72 Å². The number of aromatic nitrogens is 2. The molecule has 1 aliphatic carbocycles. The normalized spacial score (nSPS) is 25.1. The second-order valence-electron chi connectivity index (χ2n) is 7.88. The lowest BCUT2D eigenvalue weighted by molar-refractivity contribution is -0.120. The van der Waals surface area contributed by atoms with Crippen LogP contribution in [0.3, 0.4) is 0 Å². The highest BCUT2D eigenvalue weighted by molar-refractivity contribution is 8.00. The molecule has 6 nitrogen and oxygen atoms in total. The zero-order valence-electron chi connectivity index (χ0n) is 15.9. The van der Waals surface area contributed by atoms with Gasteiger partial charge in [0, 0.05) is 18.0 Å². The van der Waals surface area contributed by atoms with Gasteiger partial charge in [-0.25, -0.2) is 4.98 Å². The lowest BCUT2D eigenvalue weighted by atomic mass is 10.2. The molecule has 4 heterocycles. The summed E-state index contributed by atoms with van der Waals surface area (Å²) in [6.45, 7) is 2.03. The van der Waals surface area contributed by atoms with E-state index in [0.29, 0.717) is 11.7 Å². The van der Waals surface area contributed by atoms with Crippen molar-refractivity contribution >= 4 is 39.2 Å². The van der Waals surface area contributed by atoms with Gasteiger partial charge in [-0.1, -0.05) is 18.2 Å². The maximum atomic E-state index is 13.5. The fourth-order valence-corrected chi connectivity index (χ4v) is 6.92. The SMILES string of the molecule is O=C1NCCCC[C@@H]1Sc1nc2sc3c(c2c(=O)n1C[C@@H]1CCCO1)CCC3. The molecule has 28 heavy (non-hydrogen) atoms. The number of amides is 1. The predicted octanol–water partition coefficient (Wildman–Crippen LogP) is 2.89. The molecular weight excluding hydrogens is 394 g/mol. The molecule has 2 aromatic heterocycles. The molecule has 0 aromatic carbocycles. The lowest BCUT2D eigenvalue weighted by Crippen LogP contribution is -2.33. The Labute approximate surface area is 172 Å². The molecule has 2 fully saturated rings. The Bertz CT molecular complexity index is 962. The van der Waals surface area contributed by atoms with E-state index in [1.54, 1.807) is 15.9 Å².